The molecular formula is C32H43N3O4. The van der Waals surface area contributed by atoms with Gasteiger partial charge in [0.25, 0.3) is 5.56 Å². The van der Waals surface area contributed by atoms with Crippen LogP contribution in [0.2, 0.25) is 0 Å². The molecule has 2 aliphatic carbocycles. The van der Waals surface area contributed by atoms with Crippen LogP contribution in [0.3, 0.4) is 0 Å². The number of carbonyl (C=O) groups excluding carboxylic acids is 2. The first-order valence-corrected chi connectivity index (χ1v) is 15.5. The minimum absolute atomic E-state index is 0.0352. The fourth-order valence-electron chi connectivity index (χ4n) is 8.57. The molecule has 0 N–H and O–H groups in total. The number of fused-ring (bicyclic) bond motifs is 5. The molecule has 2 saturated heterocycles. The maximum absolute atomic E-state index is 13.9. The number of hydrogen-bond donors (Lipinski definition) is 0. The second-order valence-electron chi connectivity index (χ2n) is 12.5. The molecule has 2 aromatic rings. The van der Waals surface area contributed by atoms with Crippen LogP contribution in [0.25, 0.3) is 11.0 Å². The Bertz CT molecular complexity index is 1240. The Balaban J connectivity index is 1.28. The molecule has 1 aromatic heterocycles. The van der Waals surface area contributed by atoms with Crippen LogP contribution < -0.4 is 5.56 Å². The summed E-state index contributed by atoms with van der Waals surface area (Å²) >= 11 is 0. The summed E-state index contributed by atoms with van der Waals surface area (Å²) in [6, 6.07) is 9.42. The van der Waals surface area contributed by atoms with E-state index in [4.69, 9.17) is 4.74 Å². The fraction of sp³-hybridized carbons (Fsp3) is 0.688. The van der Waals surface area contributed by atoms with Crippen molar-refractivity contribution in [1.29, 1.82) is 0 Å². The average molecular weight is 534 g/mol. The second kappa shape index (κ2) is 11.5. The van der Waals surface area contributed by atoms with Crippen LogP contribution in [0, 0.1) is 11.8 Å². The molecule has 4 aliphatic rings. The number of para-hydroxylation sites is 2. The Kier molecular flexibility index (Phi) is 7.88. The van der Waals surface area contributed by atoms with Crippen LogP contribution in [-0.4, -0.2) is 50.9 Å². The maximum atomic E-state index is 13.9. The highest BCUT2D eigenvalue weighted by molar-refractivity contribution is 5.97. The van der Waals surface area contributed by atoms with Gasteiger partial charge in [-0.2, -0.15) is 0 Å². The number of Topliss-reactive ketones (excluding diaryl/α,β-unsaturated/α-hetero) is 1. The minimum atomic E-state index is -0.422. The zero-order valence-electron chi connectivity index (χ0n) is 23.4. The van der Waals surface area contributed by atoms with E-state index in [1.54, 1.807) is 6.92 Å². The van der Waals surface area contributed by atoms with E-state index in [2.05, 4.69) is 9.88 Å². The zero-order valence-corrected chi connectivity index (χ0v) is 23.4. The van der Waals surface area contributed by atoms with Crippen molar-refractivity contribution < 1.29 is 14.3 Å². The third kappa shape index (κ3) is 5.44. The number of aromatic nitrogens is 2. The number of nitrogens with zero attached hydrogens (tertiary/aromatic N) is 3. The predicted octanol–water partition coefficient (Wildman–Crippen LogP) is 5.84. The van der Waals surface area contributed by atoms with Gasteiger partial charge in [-0.15, -0.1) is 0 Å². The number of carbonyl (C=O) groups is 2. The normalized spacial score (nSPS) is 31.0. The van der Waals surface area contributed by atoms with Gasteiger partial charge in [0.15, 0.2) is 11.5 Å². The highest BCUT2D eigenvalue weighted by Crippen LogP contribution is 2.47. The molecule has 2 aliphatic heterocycles. The van der Waals surface area contributed by atoms with Crippen molar-refractivity contribution in [3.05, 3.63) is 40.3 Å². The summed E-state index contributed by atoms with van der Waals surface area (Å²) in [5.74, 6) is 0.985. The molecule has 2 saturated carbocycles. The quantitative estimate of drug-likeness (QED) is 0.329. The van der Waals surface area contributed by atoms with Crippen molar-refractivity contribution in [3.63, 3.8) is 0 Å². The molecule has 3 unspecified atom stereocenters. The molecule has 7 nitrogen and oxygen atoms in total. The van der Waals surface area contributed by atoms with E-state index in [0.717, 1.165) is 30.2 Å². The summed E-state index contributed by atoms with van der Waals surface area (Å²) in [5, 5.41) is 0. The molecule has 210 valence electrons. The van der Waals surface area contributed by atoms with Gasteiger partial charge in [0.2, 0.25) is 0 Å². The number of esters is 1. The van der Waals surface area contributed by atoms with Crippen LogP contribution in [-0.2, 0) is 9.53 Å². The van der Waals surface area contributed by atoms with Gasteiger partial charge >= 0.3 is 5.97 Å². The number of rotatable bonds is 7. The molecular weight excluding hydrogens is 490 g/mol. The lowest BCUT2D eigenvalue weighted by Gasteiger charge is -2.54. The third-order valence-electron chi connectivity index (χ3n) is 10.1. The van der Waals surface area contributed by atoms with Gasteiger partial charge in [-0.1, -0.05) is 44.2 Å². The Morgan fingerprint density at radius 2 is 1.54 bits per heavy atom. The first kappa shape index (κ1) is 26.7. The van der Waals surface area contributed by atoms with Crippen LogP contribution >= 0.6 is 0 Å². The van der Waals surface area contributed by atoms with Crippen LogP contribution in [0.4, 0.5) is 0 Å². The lowest BCUT2D eigenvalue weighted by molar-refractivity contribution is -0.143. The Labute approximate surface area is 231 Å². The number of hydrogen-bond acceptors (Lipinski definition) is 6. The largest absolute Gasteiger partial charge is 0.466 e. The molecule has 6 rings (SSSR count). The van der Waals surface area contributed by atoms with Crippen molar-refractivity contribution >= 4 is 22.8 Å². The predicted molar refractivity (Wildman–Crippen MR) is 151 cm³/mol. The standard InChI is InChI=1S/C32H43N3O4/c1-2-39-30(37)15-14-29(36)31-32(38)35(28-13-6-5-12-27(28)33-31)26-19-23-10-7-11-24(20-26)34(23)25-17-21-8-3-4-9-22(16-21)18-25/h5-6,12-13,21-26H,2-4,7-11,14-20H2,1H3/t21?,22?,23-,24+,25?,26?. The van der Waals surface area contributed by atoms with E-state index in [0.29, 0.717) is 23.6 Å². The fourth-order valence-corrected chi connectivity index (χ4v) is 8.57. The lowest BCUT2D eigenvalue weighted by Crippen LogP contribution is -2.58. The van der Waals surface area contributed by atoms with Crippen molar-refractivity contribution in [2.24, 2.45) is 11.8 Å². The van der Waals surface area contributed by atoms with E-state index < -0.39 is 5.97 Å². The van der Waals surface area contributed by atoms with E-state index in [1.165, 1.54) is 64.2 Å². The van der Waals surface area contributed by atoms with Crippen molar-refractivity contribution in [2.75, 3.05) is 6.61 Å². The van der Waals surface area contributed by atoms with Gasteiger partial charge < -0.3 is 9.30 Å². The van der Waals surface area contributed by atoms with E-state index in [1.807, 2.05) is 28.8 Å². The molecule has 0 amide bonds. The molecule has 7 heteroatoms. The van der Waals surface area contributed by atoms with Crippen LogP contribution in [0.5, 0.6) is 0 Å². The molecule has 0 spiro atoms. The summed E-state index contributed by atoms with van der Waals surface area (Å²) in [6.45, 7) is 2.02. The van der Waals surface area contributed by atoms with Crippen molar-refractivity contribution in [3.8, 4) is 0 Å². The number of ketones is 1. The van der Waals surface area contributed by atoms with Crippen molar-refractivity contribution in [2.45, 2.75) is 121 Å². The first-order valence-electron chi connectivity index (χ1n) is 15.5. The number of ether oxygens (including phenoxy) is 1. The first-order chi connectivity index (χ1) is 19.0. The van der Waals surface area contributed by atoms with Crippen LogP contribution in [0.1, 0.15) is 113 Å². The SMILES string of the molecule is CCOC(=O)CCC(=O)c1nc2ccccc2n(C2C[C@H]3CCC[C@@H](C2)N3C2CC3CCCCC(C3)C2)c1=O. The molecule has 0 radical (unpaired) electrons. The summed E-state index contributed by atoms with van der Waals surface area (Å²) in [5.41, 5.74) is 1.13. The number of piperidine rings is 2. The molecule has 4 bridgehead atoms. The van der Waals surface area contributed by atoms with Gasteiger partial charge in [-0.25, -0.2) is 4.98 Å². The molecule has 5 atom stereocenters. The molecule has 4 fully saturated rings. The smallest absolute Gasteiger partial charge is 0.306 e. The molecule has 1 aromatic carbocycles. The van der Waals surface area contributed by atoms with Gasteiger partial charge in [-0.05, 0) is 75.8 Å². The molecule has 3 heterocycles. The van der Waals surface area contributed by atoms with Gasteiger partial charge in [0.1, 0.15) is 0 Å². The maximum Gasteiger partial charge on any atom is 0.306 e. The van der Waals surface area contributed by atoms with Gasteiger partial charge in [0, 0.05) is 30.6 Å². The van der Waals surface area contributed by atoms with Gasteiger partial charge in [0.05, 0.1) is 24.1 Å². The Morgan fingerprint density at radius 1 is 0.846 bits per heavy atom. The summed E-state index contributed by atoms with van der Waals surface area (Å²) in [6.07, 6.45) is 15.2. The topological polar surface area (TPSA) is 81.5 Å². The van der Waals surface area contributed by atoms with E-state index >= 15 is 0 Å². The van der Waals surface area contributed by atoms with Gasteiger partial charge in [-0.3, -0.25) is 19.3 Å². The lowest BCUT2D eigenvalue weighted by atomic mass is 9.73. The Morgan fingerprint density at radius 3 is 2.23 bits per heavy atom. The average Bonchev–Trinajstić information content (AvgIpc) is 3.10. The highest BCUT2D eigenvalue weighted by atomic mass is 16.5. The second-order valence-corrected chi connectivity index (χ2v) is 12.5. The van der Waals surface area contributed by atoms with Crippen LogP contribution in [0.15, 0.2) is 29.1 Å². The molecule has 39 heavy (non-hydrogen) atoms. The summed E-state index contributed by atoms with van der Waals surface area (Å²) < 4.78 is 6.87. The minimum Gasteiger partial charge on any atom is -0.466 e. The highest BCUT2D eigenvalue weighted by Gasteiger charge is 2.45. The monoisotopic (exact) mass is 533 g/mol. The van der Waals surface area contributed by atoms with Crippen molar-refractivity contribution in [1.82, 2.24) is 14.5 Å². The summed E-state index contributed by atoms with van der Waals surface area (Å²) in [4.78, 5) is 46.3. The zero-order chi connectivity index (χ0) is 26.9. The van der Waals surface area contributed by atoms with E-state index in [-0.39, 0.29) is 42.5 Å². The van der Waals surface area contributed by atoms with E-state index in [9.17, 15) is 14.4 Å². The summed E-state index contributed by atoms with van der Waals surface area (Å²) in [7, 11) is 0. The number of benzene rings is 1. The third-order valence-corrected chi connectivity index (χ3v) is 10.1. The Hall–Kier alpha value is -2.54.